The maximum Gasteiger partial charge on any atom is 0.409 e. The minimum absolute atomic E-state index is 0.00987. The normalized spacial score (nSPS) is 11.3. The summed E-state index contributed by atoms with van der Waals surface area (Å²) in [6, 6.07) is 21.0. The van der Waals surface area contributed by atoms with Crippen LogP contribution in [0.5, 0.6) is 0 Å². The Balaban J connectivity index is 1.65. The van der Waals surface area contributed by atoms with E-state index >= 15 is 0 Å². The van der Waals surface area contributed by atoms with Crippen LogP contribution in [-0.4, -0.2) is 23.9 Å². The molecule has 0 aliphatic rings. The summed E-state index contributed by atoms with van der Waals surface area (Å²) in [5.41, 5.74) is 6.41. The molecule has 31 heavy (non-hydrogen) atoms. The topological polar surface area (TPSA) is 111 Å². The molecular formula is C23H20FN3O4. The van der Waals surface area contributed by atoms with Crippen molar-refractivity contribution in [2.45, 2.75) is 12.8 Å². The van der Waals surface area contributed by atoms with Crippen molar-refractivity contribution in [3.05, 3.63) is 101 Å². The Labute approximate surface area is 178 Å². The van der Waals surface area contributed by atoms with Gasteiger partial charge in [-0.05, 0) is 17.7 Å². The van der Waals surface area contributed by atoms with Gasteiger partial charge in [-0.25, -0.2) is 9.18 Å². The predicted octanol–water partition coefficient (Wildman–Crippen LogP) is 3.21. The van der Waals surface area contributed by atoms with Crippen molar-refractivity contribution in [2.24, 2.45) is 5.73 Å². The van der Waals surface area contributed by atoms with Crippen LogP contribution in [0.25, 0.3) is 0 Å². The fourth-order valence-electron chi connectivity index (χ4n) is 2.74. The maximum absolute atomic E-state index is 14.4. The molecule has 0 saturated carbocycles. The second-order valence-electron chi connectivity index (χ2n) is 6.53. The third kappa shape index (κ3) is 5.74. The average Bonchev–Trinajstić information content (AvgIpc) is 2.79. The van der Waals surface area contributed by atoms with Gasteiger partial charge in [-0.2, -0.15) is 0 Å². The first-order valence-corrected chi connectivity index (χ1v) is 9.37. The first kappa shape index (κ1) is 21.7. The van der Waals surface area contributed by atoms with Crippen LogP contribution in [0.1, 0.15) is 21.5 Å². The molecule has 0 bridgehead atoms. The number of nitrogens with one attached hydrogen (secondary N) is 2. The van der Waals surface area contributed by atoms with E-state index in [1.165, 1.54) is 12.1 Å². The lowest BCUT2D eigenvalue weighted by atomic mass is 10.0. The number of hydrogen-bond donors (Lipinski definition) is 3. The molecule has 3 aromatic carbocycles. The molecule has 1 atom stereocenters. The van der Waals surface area contributed by atoms with Crippen LogP contribution in [0.4, 0.5) is 14.9 Å². The SMILES string of the molecule is NC(NC(=O)OCc1ccccc1)C(=O)Nc1c(F)cccc1C(=O)c1ccccc1. The Morgan fingerprint density at radius 1 is 0.903 bits per heavy atom. The fraction of sp³-hybridized carbons (Fsp3) is 0.0870. The Morgan fingerprint density at radius 3 is 2.23 bits per heavy atom. The highest BCUT2D eigenvalue weighted by Gasteiger charge is 2.22. The quantitative estimate of drug-likeness (QED) is 0.401. The molecule has 7 nitrogen and oxygen atoms in total. The van der Waals surface area contributed by atoms with Crippen molar-refractivity contribution in [3.8, 4) is 0 Å². The molecule has 0 spiro atoms. The van der Waals surface area contributed by atoms with Gasteiger partial charge in [0, 0.05) is 11.1 Å². The van der Waals surface area contributed by atoms with Crippen molar-refractivity contribution in [2.75, 3.05) is 5.32 Å². The van der Waals surface area contributed by atoms with Crippen LogP contribution >= 0.6 is 0 Å². The van der Waals surface area contributed by atoms with Crippen molar-refractivity contribution < 1.29 is 23.5 Å². The van der Waals surface area contributed by atoms with E-state index in [1.807, 2.05) is 6.07 Å². The van der Waals surface area contributed by atoms with Crippen molar-refractivity contribution >= 4 is 23.5 Å². The van der Waals surface area contributed by atoms with Crippen molar-refractivity contribution in [1.29, 1.82) is 0 Å². The van der Waals surface area contributed by atoms with Crippen molar-refractivity contribution in [3.63, 3.8) is 0 Å². The molecular weight excluding hydrogens is 401 g/mol. The van der Waals surface area contributed by atoms with E-state index in [9.17, 15) is 18.8 Å². The van der Waals surface area contributed by atoms with Gasteiger partial charge < -0.3 is 15.8 Å². The summed E-state index contributed by atoms with van der Waals surface area (Å²) in [6.07, 6.45) is -2.44. The van der Waals surface area contributed by atoms with Gasteiger partial charge in [0.05, 0.1) is 5.69 Å². The number of carbonyl (C=O) groups is 3. The number of halogens is 1. The first-order valence-electron chi connectivity index (χ1n) is 9.37. The number of hydrogen-bond acceptors (Lipinski definition) is 5. The minimum Gasteiger partial charge on any atom is -0.445 e. The van der Waals surface area contributed by atoms with Crippen LogP contribution in [0.2, 0.25) is 0 Å². The molecule has 3 rings (SSSR count). The van der Waals surface area contributed by atoms with Gasteiger partial charge in [-0.15, -0.1) is 0 Å². The zero-order valence-electron chi connectivity index (χ0n) is 16.4. The van der Waals surface area contributed by atoms with Gasteiger partial charge in [-0.1, -0.05) is 66.7 Å². The lowest BCUT2D eigenvalue weighted by Crippen LogP contribution is -2.50. The predicted molar refractivity (Wildman–Crippen MR) is 113 cm³/mol. The molecule has 0 aliphatic carbocycles. The van der Waals surface area contributed by atoms with E-state index in [-0.39, 0.29) is 17.9 Å². The van der Waals surface area contributed by atoms with E-state index in [0.717, 1.165) is 11.6 Å². The van der Waals surface area contributed by atoms with Gasteiger partial charge in [0.25, 0.3) is 5.91 Å². The number of carbonyl (C=O) groups excluding carboxylic acids is 3. The number of ether oxygens (including phenoxy) is 1. The second-order valence-corrected chi connectivity index (χ2v) is 6.53. The van der Waals surface area contributed by atoms with Crippen LogP contribution in [0.3, 0.4) is 0 Å². The molecule has 1 unspecified atom stereocenters. The van der Waals surface area contributed by atoms with Gasteiger partial charge in [0.2, 0.25) is 0 Å². The smallest absolute Gasteiger partial charge is 0.409 e. The highest BCUT2D eigenvalue weighted by molar-refractivity contribution is 6.14. The summed E-state index contributed by atoms with van der Waals surface area (Å²) in [6.45, 7) is -0.00987. The lowest BCUT2D eigenvalue weighted by molar-refractivity contribution is -0.118. The average molecular weight is 421 g/mol. The number of benzene rings is 3. The fourth-order valence-corrected chi connectivity index (χ4v) is 2.74. The summed E-state index contributed by atoms with van der Waals surface area (Å²) in [5.74, 6) is -2.20. The molecule has 3 aromatic rings. The Hall–Kier alpha value is -4.04. The third-order valence-corrected chi connectivity index (χ3v) is 4.31. The Bertz CT molecular complexity index is 1070. The molecule has 2 amide bonds. The highest BCUT2D eigenvalue weighted by atomic mass is 19.1. The minimum atomic E-state index is -1.53. The van der Waals surface area contributed by atoms with E-state index in [0.29, 0.717) is 5.56 Å². The van der Waals surface area contributed by atoms with Crippen LogP contribution in [0.15, 0.2) is 78.9 Å². The summed E-state index contributed by atoms with van der Waals surface area (Å²) < 4.78 is 19.4. The van der Waals surface area contributed by atoms with Crippen molar-refractivity contribution in [1.82, 2.24) is 5.32 Å². The number of rotatable bonds is 7. The van der Waals surface area contributed by atoms with Gasteiger partial charge in [0.15, 0.2) is 11.9 Å². The molecule has 4 N–H and O–H groups in total. The van der Waals surface area contributed by atoms with Gasteiger partial charge in [0.1, 0.15) is 12.4 Å². The highest BCUT2D eigenvalue weighted by Crippen LogP contribution is 2.23. The van der Waals surface area contributed by atoms with E-state index in [4.69, 9.17) is 10.5 Å². The Morgan fingerprint density at radius 2 is 1.55 bits per heavy atom. The summed E-state index contributed by atoms with van der Waals surface area (Å²) in [5, 5.41) is 4.45. The number of amides is 2. The molecule has 0 saturated heterocycles. The third-order valence-electron chi connectivity index (χ3n) is 4.31. The van der Waals surface area contributed by atoms with Crippen LogP contribution in [-0.2, 0) is 16.1 Å². The lowest BCUT2D eigenvalue weighted by Gasteiger charge is -2.16. The van der Waals surface area contributed by atoms with E-state index in [2.05, 4.69) is 10.6 Å². The monoisotopic (exact) mass is 421 g/mol. The maximum atomic E-state index is 14.4. The number of anilines is 1. The van der Waals surface area contributed by atoms with Crippen LogP contribution < -0.4 is 16.4 Å². The standard InChI is InChI=1S/C23H20FN3O4/c24-18-13-7-12-17(20(28)16-10-5-2-6-11-16)19(18)26-22(29)21(25)27-23(30)31-14-15-8-3-1-4-9-15/h1-13,21H,14,25H2,(H,26,29)(H,27,30). The molecule has 8 heteroatoms. The number of alkyl carbamates (subject to hydrolysis) is 1. The Kier molecular flexibility index (Phi) is 7.08. The van der Waals surface area contributed by atoms with E-state index < -0.39 is 29.8 Å². The zero-order chi connectivity index (χ0) is 22.2. The first-order chi connectivity index (χ1) is 15.0. The van der Waals surface area contributed by atoms with Gasteiger partial charge in [-0.3, -0.25) is 14.9 Å². The molecule has 0 heterocycles. The largest absolute Gasteiger partial charge is 0.445 e. The summed E-state index contributed by atoms with van der Waals surface area (Å²) in [7, 11) is 0. The molecule has 0 radical (unpaired) electrons. The molecule has 158 valence electrons. The van der Waals surface area contributed by atoms with E-state index in [1.54, 1.807) is 54.6 Å². The second kappa shape index (κ2) is 10.1. The zero-order valence-corrected chi connectivity index (χ0v) is 16.4. The number of ketones is 1. The summed E-state index contributed by atoms with van der Waals surface area (Å²) >= 11 is 0. The van der Waals surface area contributed by atoms with Crippen LogP contribution in [0, 0.1) is 5.82 Å². The number of nitrogens with two attached hydrogens (primary N) is 1. The molecule has 0 aliphatic heterocycles. The van der Waals surface area contributed by atoms with Gasteiger partial charge >= 0.3 is 6.09 Å². The number of para-hydroxylation sites is 1. The molecule has 0 fully saturated rings. The molecule has 0 aromatic heterocycles. The summed E-state index contributed by atoms with van der Waals surface area (Å²) in [4.78, 5) is 37.0.